The molecule has 1 aromatic carbocycles. The minimum Gasteiger partial charge on any atom is -0.465 e. The molecule has 0 saturated heterocycles. The number of carbonyl (C=O) groups excluding carboxylic acids is 1. The summed E-state index contributed by atoms with van der Waals surface area (Å²) in [6.45, 7) is 0. The van der Waals surface area contributed by atoms with E-state index in [1.807, 2.05) is 0 Å². The third-order valence-electron chi connectivity index (χ3n) is 2.61. The Bertz CT molecular complexity index is 626. The van der Waals surface area contributed by atoms with Gasteiger partial charge in [0.15, 0.2) is 0 Å². The summed E-state index contributed by atoms with van der Waals surface area (Å²) in [4.78, 5) is 25.7. The second-order valence-corrected chi connectivity index (χ2v) is 3.72. The molecule has 0 aliphatic rings. The molecule has 0 bridgehead atoms. The summed E-state index contributed by atoms with van der Waals surface area (Å²) < 4.78 is 4.56. The van der Waals surface area contributed by atoms with E-state index in [1.54, 1.807) is 30.6 Å². The van der Waals surface area contributed by atoms with Crippen LogP contribution in [0.15, 0.2) is 42.7 Å². The van der Waals surface area contributed by atoms with E-state index in [4.69, 9.17) is 0 Å². The first-order valence-electron chi connectivity index (χ1n) is 5.40. The number of hydrogen-bond acceptors (Lipinski definition) is 5. The van der Waals surface area contributed by atoms with Gasteiger partial charge in [0.25, 0.3) is 5.69 Å². The molecule has 0 fully saturated rings. The molecule has 1 heterocycles. The number of rotatable bonds is 3. The van der Waals surface area contributed by atoms with Crippen LogP contribution >= 0.6 is 0 Å². The van der Waals surface area contributed by atoms with Crippen LogP contribution < -0.4 is 0 Å². The fraction of sp³-hybridized carbons (Fsp3) is 0.0769. The lowest BCUT2D eigenvalue weighted by atomic mass is 10.0. The summed E-state index contributed by atoms with van der Waals surface area (Å²) in [5.74, 6) is -0.734. The largest absolute Gasteiger partial charge is 0.465 e. The molecular weight excluding hydrogens is 248 g/mol. The zero-order valence-electron chi connectivity index (χ0n) is 10.1. The molecule has 6 heteroatoms. The predicted molar refractivity (Wildman–Crippen MR) is 67.7 cm³/mol. The molecule has 0 unspecified atom stereocenters. The van der Waals surface area contributed by atoms with Crippen LogP contribution in [-0.4, -0.2) is 23.0 Å². The van der Waals surface area contributed by atoms with Crippen molar-refractivity contribution in [3.63, 3.8) is 0 Å². The minimum absolute atomic E-state index is 0.0678. The van der Waals surface area contributed by atoms with Crippen molar-refractivity contribution in [3.8, 4) is 11.1 Å². The van der Waals surface area contributed by atoms with Gasteiger partial charge in [0.05, 0.1) is 12.0 Å². The number of esters is 1. The van der Waals surface area contributed by atoms with Gasteiger partial charge in [-0.05, 0) is 35.4 Å². The summed E-state index contributed by atoms with van der Waals surface area (Å²) in [7, 11) is 1.19. The van der Waals surface area contributed by atoms with Gasteiger partial charge in [0, 0.05) is 18.5 Å². The number of nitro benzene ring substituents is 1. The van der Waals surface area contributed by atoms with E-state index in [0.717, 1.165) is 5.56 Å². The van der Waals surface area contributed by atoms with Crippen molar-refractivity contribution in [3.05, 3.63) is 58.4 Å². The van der Waals surface area contributed by atoms with Crippen molar-refractivity contribution >= 4 is 11.7 Å². The van der Waals surface area contributed by atoms with E-state index >= 15 is 0 Å². The van der Waals surface area contributed by atoms with Crippen molar-refractivity contribution in [1.29, 1.82) is 0 Å². The highest BCUT2D eigenvalue weighted by molar-refractivity contribution is 5.95. The number of ether oxygens (including phenoxy) is 1. The van der Waals surface area contributed by atoms with Crippen LogP contribution in [0.5, 0.6) is 0 Å². The highest BCUT2D eigenvalue weighted by atomic mass is 16.6. The monoisotopic (exact) mass is 258 g/mol. The number of pyridine rings is 1. The summed E-state index contributed by atoms with van der Waals surface area (Å²) in [6, 6.07) is 7.83. The average Bonchev–Trinajstić information content (AvgIpc) is 2.46. The van der Waals surface area contributed by atoms with Crippen LogP contribution in [0.4, 0.5) is 5.69 Å². The maximum absolute atomic E-state index is 11.6. The van der Waals surface area contributed by atoms with Gasteiger partial charge in [-0.3, -0.25) is 15.1 Å². The number of nitrogens with zero attached hydrogens (tertiary/aromatic N) is 2. The molecule has 6 nitrogen and oxygen atoms in total. The lowest BCUT2D eigenvalue weighted by molar-refractivity contribution is -0.385. The molecular formula is C13H10N2O4. The number of hydrogen-bond donors (Lipinski definition) is 0. The Kier molecular flexibility index (Phi) is 3.51. The van der Waals surface area contributed by atoms with Crippen LogP contribution in [0.1, 0.15) is 10.4 Å². The van der Waals surface area contributed by atoms with Crippen molar-refractivity contribution in [2.75, 3.05) is 7.11 Å². The molecule has 1 aromatic heterocycles. The molecule has 0 spiro atoms. The Morgan fingerprint density at radius 2 is 1.89 bits per heavy atom. The van der Waals surface area contributed by atoms with Crippen molar-refractivity contribution in [2.24, 2.45) is 0 Å². The molecule has 2 aromatic rings. The third-order valence-corrected chi connectivity index (χ3v) is 2.61. The number of aromatic nitrogens is 1. The summed E-state index contributed by atoms with van der Waals surface area (Å²) in [5.41, 5.74) is 1.16. The van der Waals surface area contributed by atoms with E-state index in [9.17, 15) is 14.9 Å². The molecule has 0 atom stereocenters. The SMILES string of the molecule is COC(=O)c1cc(-c2ccncc2)ccc1[N+](=O)[O-]. The number of methoxy groups -OCH3 is 1. The maximum atomic E-state index is 11.6. The third kappa shape index (κ3) is 2.57. The fourth-order valence-electron chi connectivity index (χ4n) is 1.69. The smallest absolute Gasteiger partial charge is 0.344 e. The first-order chi connectivity index (χ1) is 9.13. The standard InChI is InChI=1S/C13H10N2O4/c1-19-13(16)11-8-10(2-3-12(11)15(17)18)9-4-6-14-7-5-9/h2-8H,1H3. The lowest BCUT2D eigenvalue weighted by Crippen LogP contribution is -2.05. The van der Waals surface area contributed by atoms with Gasteiger partial charge in [-0.25, -0.2) is 4.79 Å². The van der Waals surface area contributed by atoms with E-state index in [2.05, 4.69) is 9.72 Å². The maximum Gasteiger partial charge on any atom is 0.344 e. The zero-order chi connectivity index (χ0) is 13.8. The second-order valence-electron chi connectivity index (χ2n) is 3.72. The highest BCUT2D eigenvalue weighted by Crippen LogP contribution is 2.26. The Hall–Kier alpha value is -2.76. The lowest BCUT2D eigenvalue weighted by Gasteiger charge is -2.05. The molecule has 0 saturated carbocycles. The molecule has 0 aliphatic carbocycles. The van der Waals surface area contributed by atoms with E-state index in [0.29, 0.717) is 5.56 Å². The van der Waals surface area contributed by atoms with Gasteiger partial charge in [-0.15, -0.1) is 0 Å². The van der Waals surface area contributed by atoms with Crippen LogP contribution in [0.25, 0.3) is 11.1 Å². The zero-order valence-corrected chi connectivity index (χ0v) is 10.1. The molecule has 19 heavy (non-hydrogen) atoms. The number of nitro groups is 1. The van der Waals surface area contributed by atoms with E-state index < -0.39 is 10.9 Å². The van der Waals surface area contributed by atoms with Gasteiger partial charge in [0.1, 0.15) is 5.56 Å². The Balaban J connectivity index is 2.56. The van der Waals surface area contributed by atoms with Gasteiger partial charge in [-0.1, -0.05) is 0 Å². The number of benzene rings is 1. The minimum atomic E-state index is -0.734. The molecule has 0 N–H and O–H groups in total. The highest BCUT2D eigenvalue weighted by Gasteiger charge is 2.21. The Morgan fingerprint density at radius 3 is 2.47 bits per heavy atom. The summed E-state index contributed by atoms with van der Waals surface area (Å²) in [5, 5.41) is 10.9. The molecule has 2 rings (SSSR count). The van der Waals surface area contributed by atoms with Crippen molar-refractivity contribution in [1.82, 2.24) is 4.98 Å². The van der Waals surface area contributed by atoms with Gasteiger partial charge in [-0.2, -0.15) is 0 Å². The van der Waals surface area contributed by atoms with Crippen LogP contribution in [0, 0.1) is 10.1 Å². The molecule has 96 valence electrons. The normalized spacial score (nSPS) is 9.95. The fourth-order valence-corrected chi connectivity index (χ4v) is 1.69. The van der Waals surface area contributed by atoms with Gasteiger partial charge < -0.3 is 4.74 Å². The van der Waals surface area contributed by atoms with Crippen LogP contribution in [0.3, 0.4) is 0 Å². The van der Waals surface area contributed by atoms with E-state index in [1.165, 1.54) is 19.2 Å². The average molecular weight is 258 g/mol. The van der Waals surface area contributed by atoms with E-state index in [-0.39, 0.29) is 11.3 Å². The van der Waals surface area contributed by atoms with Gasteiger partial charge >= 0.3 is 5.97 Å². The summed E-state index contributed by atoms with van der Waals surface area (Å²) in [6.07, 6.45) is 3.21. The second kappa shape index (κ2) is 5.26. The summed E-state index contributed by atoms with van der Waals surface area (Å²) >= 11 is 0. The van der Waals surface area contributed by atoms with Crippen molar-refractivity contribution < 1.29 is 14.5 Å². The Labute approximate surface area is 108 Å². The quantitative estimate of drug-likeness (QED) is 0.479. The van der Waals surface area contributed by atoms with Gasteiger partial charge in [0.2, 0.25) is 0 Å². The van der Waals surface area contributed by atoms with Crippen LogP contribution in [-0.2, 0) is 4.74 Å². The van der Waals surface area contributed by atoms with Crippen LogP contribution in [0.2, 0.25) is 0 Å². The predicted octanol–water partition coefficient (Wildman–Crippen LogP) is 2.44. The van der Waals surface area contributed by atoms with Crippen molar-refractivity contribution in [2.45, 2.75) is 0 Å². The molecule has 0 radical (unpaired) electrons. The topological polar surface area (TPSA) is 82.3 Å². The molecule has 0 amide bonds. The Morgan fingerprint density at radius 1 is 1.21 bits per heavy atom. The first-order valence-corrected chi connectivity index (χ1v) is 5.40. The number of carbonyl (C=O) groups is 1. The molecule has 0 aliphatic heterocycles. The first kappa shape index (κ1) is 12.7.